The maximum absolute atomic E-state index is 12.9. The van der Waals surface area contributed by atoms with Crippen molar-refractivity contribution >= 4 is 40.2 Å². The van der Waals surface area contributed by atoms with Gasteiger partial charge in [-0.3, -0.25) is 9.79 Å². The fourth-order valence-corrected chi connectivity index (χ4v) is 4.45. The number of amides is 1. The van der Waals surface area contributed by atoms with Gasteiger partial charge in [-0.2, -0.15) is 0 Å². The van der Waals surface area contributed by atoms with Crippen LogP contribution < -0.4 is 14.8 Å². The molecule has 0 spiro atoms. The van der Waals surface area contributed by atoms with Gasteiger partial charge >= 0.3 is 0 Å². The van der Waals surface area contributed by atoms with Crippen LogP contribution in [-0.4, -0.2) is 31.7 Å². The maximum atomic E-state index is 12.9. The van der Waals surface area contributed by atoms with Gasteiger partial charge in [-0.1, -0.05) is 31.2 Å². The fraction of sp³-hybridized carbons (Fsp3) is 0.240. The van der Waals surface area contributed by atoms with Crippen molar-refractivity contribution in [1.29, 1.82) is 0 Å². The van der Waals surface area contributed by atoms with Gasteiger partial charge in [-0.05, 0) is 47.7 Å². The summed E-state index contributed by atoms with van der Waals surface area (Å²) >= 11 is 1.56. The van der Waals surface area contributed by atoms with Crippen molar-refractivity contribution in [2.45, 2.75) is 25.7 Å². The molecule has 1 amide bonds. The van der Waals surface area contributed by atoms with Crippen LogP contribution in [0.4, 0.5) is 11.4 Å². The van der Waals surface area contributed by atoms with Crippen LogP contribution >= 0.6 is 11.3 Å². The van der Waals surface area contributed by atoms with Crippen molar-refractivity contribution in [3.63, 3.8) is 0 Å². The third-order valence-corrected chi connectivity index (χ3v) is 6.16. The number of para-hydroxylation sites is 2. The second kappa shape index (κ2) is 9.78. The molecule has 6 nitrogen and oxygen atoms in total. The highest BCUT2D eigenvalue weighted by atomic mass is 32.1. The van der Waals surface area contributed by atoms with Crippen molar-refractivity contribution in [2.24, 2.45) is 9.98 Å². The smallest absolute Gasteiger partial charge is 0.230 e. The summed E-state index contributed by atoms with van der Waals surface area (Å²) in [5, 5.41) is 5.05. The number of rotatable bonds is 6. The number of fused-ring (bicyclic) bond motifs is 1. The number of methoxy groups -OCH3 is 2. The molecule has 1 aliphatic heterocycles. The monoisotopic (exact) mass is 447 g/mol. The Bertz CT molecular complexity index is 1170. The minimum absolute atomic E-state index is 0.105. The third kappa shape index (κ3) is 4.57. The van der Waals surface area contributed by atoms with Gasteiger partial charge in [-0.25, -0.2) is 4.99 Å². The van der Waals surface area contributed by atoms with Gasteiger partial charge in [0.25, 0.3) is 0 Å². The molecule has 0 saturated heterocycles. The zero-order valence-electron chi connectivity index (χ0n) is 18.3. The summed E-state index contributed by atoms with van der Waals surface area (Å²) in [6, 6.07) is 17.4. The molecule has 2 aromatic carbocycles. The van der Waals surface area contributed by atoms with E-state index >= 15 is 0 Å². The highest BCUT2D eigenvalue weighted by Gasteiger charge is 2.29. The second-order valence-electron chi connectivity index (χ2n) is 7.29. The number of nitrogens with one attached hydrogen (secondary N) is 1. The molecule has 1 aromatic heterocycles. The van der Waals surface area contributed by atoms with E-state index in [1.807, 2.05) is 60.0 Å². The molecule has 0 aliphatic carbocycles. The zero-order valence-corrected chi connectivity index (χ0v) is 19.1. The molecular weight excluding hydrogens is 422 g/mol. The highest BCUT2D eigenvalue weighted by Crippen LogP contribution is 2.37. The van der Waals surface area contributed by atoms with E-state index in [1.54, 1.807) is 25.6 Å². The number of thiophene rings is 1. The summed E-state index contributed by atoms with van der Waals surface area (Å²) in [5.41, 5.74) is 3.36. The molecule has 1 N–H and O–H groups in total. The number of hydrogen-bond donors (Lipinski definition) is 1. The largest absolute Gasteiger partial charge is 0.493 e. The Balaban J connectivity index is 1.79. The van der Waals surface area contributed by atoms with E-state index in [4.69, 9.17) is 19.5 Å². The van der Waals surface area contributed by atoms with Gasteiger partial charge in [0.05, 0.1) is 37.9 Å². The Morgan fingerprint density at radius 2 is 1.75 bits per heavy atom. The molecule has 7 heteroatoms. The predicted molar refractivity (Wildman–Crippen MR) is 129 cm³/mol. The van der Waals surface area contributed by atoms with Crippen molar-refractivity contribution in [2.75, 3.05) is 14.2 Å². The number of amidine groups is 1. The van der Waals surface area contributed by atoms with Crippen LogP contribution in [0.1, 0.15) is 29.7 Å². The molecule has 1 atom stereocenters. The topological polar surface area (TPSA) is 72.3 Å². The van der Waals surface area contributed by atoms with Crippen molar-refractivity contribution in [3.8, 4) is 11.5 Å². The molecule has 1 aliphatic rings. The number of benzene rings is 2. The minimum atomic E-state index is -0.320. The van der Waals surface area contributed by atoms with Gasteiger partial charge in [0.1, 0.15) is 5.84 Å². The lowest BCUT2D eigenvalue weighted by molar-refractivity contribution is -0.119. The summed E-state index contributed by atoms with van der Waals surface area (Å²) in [6.07, 6.45) is 1.00. The number of ether oxygens (including phenoxy) is 2. The van der Waals surface area contributed by atoms with Crippen molar-refractivity contribution in [1.82, 2.24) is 5.32 Å². The molecule has 164 valence electrons. The Morgan fingerprint density at radius 3 is 2.41 bits per heavy atom. The Kier molecular flexibility index (Phi) is 6.66. The number of carbonyl (C=O) groups is 1. The molecule has 0 unspecified atom stereocenters. The first-order chi connectivity index (χ1) is 15.6. The lowest BCUT2D eigenvalue weighted by Gasteiger charge is -2.22. The molecule has 0 radical (unpaired) electrons. The van der Waals surface area contributed by atoms with E-state index < -0.39 is 0 Å². The molecule has 2 heterocycles. The highest BCUT2D eigenvalue weighted by molar-refractivity contribution is 7.10. The summed E-state index contributed by atoms with van der Waals surface area (Å²) in [6.45, 7) is 2.06. The Hall–Kier alpha value is -3.45. The lowest BCUT2D eigenvalue weighted by Crippen LogP contribution is -2.38. The first-order valence-electron chi connectivity index (χ1n) is 10.4. The molecule has 0 fully saturated rings. The average Bonchev–Trinajstić information content (AvgIpc) is 3.26. The average molecular weight is 448 g/mol. The first kappa shape index (κ1) is 21.8. The van der Waals surface area contributed by atoms with E-state index in [0.29, 0.717) is 30.2 Å². The Morgan fingerprint density at radius 1 is 1.00 bits per heavy atom. The van der Waals surface area contributed by atoms with Gasteiger partial charge in [0, 0.05) is 10.6 Å². The van der Waals surface area contributed by atoms with E-state index in [2.05, 4.69) is 12.2 Å². The van der Waals surface area contributed by atoms with Gasteiger partial charge in [0.15, 0.2) is 11.5 Å². The molecule has 4 rings (SSSR count). The van der Waals surface area contributed by atoms with Gasteiger partial charge in [-0.15, -0.1) is 11.3 Å². The van der Waals surface area contributed by atoms with Crippen molar-refractivity contribution in [3.05, 3.63) is 70.4 Å². The van der Waals surface area contributed by atoms with E-state index in [-0.39, 0.29) is 11.8 Å². The van der Waals surface area contributed by atoms with Crippen LogP contribution in [0.25, 0.3) is 0 Å². The van der Waals surface area contributed by atoms with Gasteiger partial charge < -0.3 is 14.8 Å². The summed E-state index contributed by atoms with van der Waals surface area (Å²) in [7, 11) is 3.22. The summed E-state index contributed by atoms with van der Waals surface area (Å²) in [4.78, 5) is 23.7. The Labute approximate surface area is 191 Å². The predicted octanol–water partition coefficient (Wildman–Crippen LogP) is 5.43. The lowest BCUT2D eigenvalue weighted by atomic mass is 9.90. The molecule has 32 heavy (non-hydrogen) atoms. The van der Waals surface area contributed by atoms with Gasteiger partial charge in [0.2, 0.25) is 5.91 Å². The standard InChI is InChI=1S/C25H25N3O3S/c1-4-18-24(16-11-12-21(30-2)22(14-16)31-3)25(27-20-10-6-5-9-19(20)26-18)28-23(29)15-17-8-7-13-32-17/h5-14,24H,4,15H2,1-3H3,(H,27,28,29)/t24-/m1/s1. The van der Waals surface area contributed by atoms with Crippen LogP contribution in [0.15, 0.2) is 70.0 Å². The fourth-order valence-electron chi connectivity index (χ4n) is 3.75. The third-order valence-electron chi connectivity index (χ3n) is 5.28. The second-order valence-corrected chi connectivity index (χ2v) is 8.33. The number of carbonyl (C=O) groups excluding carboxylic acids is 1. The minimum Gasteiger partial charge on any atom is -0.493 e. The zero-order chi connectivity index (χ0) is 22.5. The van der Waals surface area contributed by atoms with Crippen LogP contribution in [-0.2, 0) is 11.2 Å². The number of hydrogen-bond acceptors (Lipinski definition) is 6. The molecular formula is C25H25N3O3S. The number of aliphatic imine (C=N–C) groups is 2. The van der Waals surface area contributed by atoms with Crippen molar-refractivity contribution < 1.29 is 14.3 Å². The molecule has 0 bridgehead atoms. The number of nitrogens with zero attached hydrogens (tertiary/aromatic N) is 2. The summed E-state index contributed by atoms with van der Waals surface area (Å²) < 4.78 is 10.9. The van der Waals surface area contributed by atoms with E-state index in [1.165, 1.54) is 0 Å². The van der Waals surface area contributed by atoms with E-state index in [0.717, 1.165) is 27.5 Å². The molecule has 3 aromatic rings. The summed E-state index contributed by atoms with van der Waals surface area (Å²) in [5.74, 6) is 1.39. The van der Waals surface area contributed by atoms with Crippen LogP contribution in [0.5, 0.6) is 11.5 Å². The SMILES string of the molecule is CCC1=Nc2ccccc2N=C(NC(=O)Cc2cccs2)[C@@H]1c1ccc(OC)c(OC)c1. The first-order valence-corrected chi connectivity index (χ1v) is 11.3. The quantitative estimate of drug-likeness (QED) is 0.547. The van der Waals surface area contributed by atoms with Crippen LogP contribution in [0.3, 0.4) is 0 Å². The normalized spacial score (nSPS) is 15.2. The maximum Gasteiger partial charge on any atom is 0.230 e. The van der Waals surface area contributed by atoms with Crippen LogP contribution in [0.2, 0.25) is 0 Å². The molecule has 0 saturated carbocycles. The van der Waals surface area contributed by atoms with E-state index in [9.17, 15) is 4.79 Å². The van der Waals surface area contributed by atoms with Crippen LogP contribution in [0, 0.1) is 0 Å².